The number of aryl methyl sites for hydroxylation is 3. The van der Waals surface area contributed by atoms with Gasteiger partial charge in [0.05, 0.1) is 11.0 Å². The van der Waals surface area contributed by atoms with Crippen molar-refractivity contribution in [3.8, 4) is 0 Å². The fraction of sp³-hybridized carbons (Fsp3) is 0.474. The fourth-order valence-corrected chi connectivity index (χ4v) is 4.16. The summed E-state index contributed by atoms with van der Waals surface area (Å²) in [6, 6.07) is 3.81. The molecule has 1 aromatic carbocycles. The van der Waals surface area contributed by atoms with Crippen LogP contribution in [0.25, 0.3) is 11.0 Å². The molecule has 1 saturated heterocycles. The Bertz CT molecular complexity index is 921. The van der Waals surface area contributed by atoms with Gasteiger partial charge in [-0.1, -0.05) is 12.2 Å². The van der Waals surface area contributed by atoms with Gasteiger partial charge in [-0.3, -0.25) is 9.13 Å². The summed E-state index contributed by atoms with van der Waals surface area (Å²) < 4.78 is 3.24. The van der Waals surface area contributed by atoms with Gasteiger partial charge in [-0.2, -0.15) is 0 Å². The zero-order chi connectivity index (χ0) is 17.7. The lowest BCUT2D eigenvalue weighted by Crippen LogP contribution is -2.33. The third-order valence-corrected chi connectivity index (χ3v) is 5.77. The molecule has 1 aromatic heterocycles. The standard InChI is InChI=1S/C19H24N4O2/c1-12-8-16-17(22(3)19(25)21(16)2)9-15(12)20-18(24)23-10-13-6-4-5-7-14(13)11-23/h4-5,8-9,13-14H,6-7,10-11H2,1-3H3,(H,20,24)/t13-,14+. The Labute approximate surface area is 146 Å². The zero-order valence-corrected chi connectivity index (χ0v) is 15.0. The minimum absolute atomic E-state index is 0.0437. The first-order valence-electron chi connectivity index (χ1n) is 8.82. The topological polar surface area (TPSA) is 59.3 Å². The Morgan fingerprint density at radius 1 is 1.04 bits per heavy atom. The second kappa shape index (κ2) is 5.79. The summed E-state index contributed by atoms with van der Waals surface area (Å²) in [6.07, 6.45) is 6.62. The van der Waals surface area contributed by atoms with Crippen LogP contribution in [0, 0.1) is 18.8 Å². The summed E-state index contributed by atoms with van der Waals surface area (Å²) in [7, 11) is 3.52. The van der Waals surface area contributed by atoms with Gasteiger partial charge in [0.25, 0.3) is 0 Å². The smallest absolute Gasteiger partial charge is 0.324 e. The maximum atomic E-state index is 12.7. The first-order valence-corrected chi connectivity index (χ1v) is 8.82. The minimum Gasteiger partial charge on any atom is -0.324 e. The van der Waals surface area contributed by atoms with E-state index in [2.05, 4.69) is 17.5 Å². The van der Waals surface area contributed by atoms with Crippen molar-refractivity contribution in [2.75, 3.05) is 18.4 Å². The summed E-state index contributed by atoms with van der Waals surface area (Å²) >= 11 is 0. The van der Waals surface area contributed by atoms with Crippen molar-refractivity contribution in [2.45, 2.75) is 19.8 Å². The van der Waals surface area contributed by atoms with E-state index >= 15 is 0 Å². The minimum atomic E-state index is -0.0611. The number of nitrogens with zero attached hydrogens (tertiary/aromatic N) is 3. The molecule has 6 nitrogen and oxygen atoms in total. The van der Waals surface area contributed by atoms with E-state index in [1.54, 1.807) is 23.2 Å². The number of likely N-dealkylation sites (tertiary alicyclic amines) is 1. The monoisotopic (exact) mass is 340 g/mol. The number of benzene rings is 1. The van der Waals surface area contributed by atoms with E-state index < -0.39 is 0 Å². The van der Waals surface area contributed by atoms with Gasteiger partial charge in [0, 0.05) is 32.9 Å². The number of rotatable bonds is 1. The highest BCUT2D eigenvalue weighted by atomic mass is 16.2. The summed E-state index contributed by atoms with van der Waals surface area (Å²) in [6.45, 7) is 3.61. The average Bonchev–Trinajstić information content (AvgIpc) is 3.12. The van der Waals surface area contributed by atoms with Gasteiger partial charge in [-0.25, -0.2) is 9.59 Å². The largest absolute Gasteiger partial charge is 0.328 e. The Hall–Kier alpha value is -2.50. The van der Waals surface area contributed by atoms with Gasteiger partial charge >= 0.3 is 11.7 Å². The molecular formula is C19H24N4O2. The number of urea groups is 1. The molecule has 2 aliphatic rings. The maximum Gasteiger partial charge on any atom is 0.328 e. The second-order valence-electron chi connectivity index (χ2n) is 7.35. The summed E-state index contributed by atoms with van der Waals surface area (Å²) in [5, 5.41) is 3.05. The molecule has 0 radical (unpaired) electrons. The van der Waals surface area contributed by atoms with Crippen LogP contribution in [-0.4, -0.2) is 33.2 Å². The van der Waals surface area contributed by atoms with E-state index in [1.807, 2.05) is 24.0 Å². The predicted molar refractivity (Wildman–Crippen MR) is 98.8 cm³/mol. The molecule has 1 aliphatic heterocycles. The predicted octanol–water partition coefficient (Wildman–Crippen LogP) is 2.62. The van der Waals surface area contributed by atoms with Gasteiger partial charge in [0.15, 0.2) is 0 Å². The van der Waals surface area contributed by atoms with Crippen molar-refractivity contribution in [1.29, 1.82) is 0 Å². The lowest BCUT2D eigenvalue weighted by Gasteiger charge is -2.18. The zero-order valence-electron chi connectivity index (χ0n) is 15.0. The van der Waals surface area contributed by atoms with Crippen molar-refractivity contribution in [3.05, 3.63) is 40.3 Å². The van der Waals surface area contributed by atoms with E-state index in [0.717, 1.165) is 48.2 Å². The number of carbonyl (C=O) groups is 1. The number of nitrogens with one attached hydrogen (secondary N) is 1. The number of allylic oxidation sites excluding steroid dienone is 2. The summed E-state index contributed by atoms with van der Waals surface area (Å²) in [5.41, 5.74) is 3.37. The highest BCUT2D eigenvalue weighted by Gasteiger charge is 2.35. The average molecular weight is 340 g/mol. The van der Waals surface area contributed by atoms with E-state index in [0.29, 0.717) is 11.8 Å². The van der Waals surface area contributed by atoms with Crippen molar-refractivity contribution < 1.29 is 4.79 Å². The Morgan fingerprint density at radius 2 is 1.60 bits per heavy atom. The molecule has 2 heterocycles. The Morgan fingerprint density at radius 3 is 2.20 bits per heavy atom. The van der Waals surface area contributed by atoms with E-state index in [-0.39, 0.29) is 11.7 Å². The Balaban J connectivity index is 1.58. The summed E-state index contributed by atoms with van der Waals surface area (Å²) in [5.74, 6) is 1.18. The highest BCUT2D eigenvalue weighted by molar-refractivity contribution is 5.93. The van der Waals surface area contributed by atoms with E-state index in [4.69, 9.17) is 0 Å². The number of imidazole rings is 1. The van der Waals surface area contributed by atoms with Crippen LogP contribution in [0.4, 0.5) is 10.5 Å². The second-order valence-corrected chi connectivity index (χ2v) is 7.35. The number of amides is 2. The SMILES string of the molecule is Cc1cc2c(cc1NC(=O)N1C[C@H]3CC=CC[C@H]3C1)n(C)c(=O)n2C. The van der Waals surface area contributed by atoms with Crippen molar-refractivity contribution in [2.24, 2.45) is 25.9 Å². The van der Waals surface area contributed by atoms with E-state index in [1.165, 1.54) is 0 Å². The fourth-order valence-electron chi connectivity index (χ4n) is 4.16. The lowest BCUT2D eigenvalue weighted by atomic mass is 9.86. The van der Waals surface area contributed by atoms with Crippen LogP contribution in [0.15, 0.2) is 29.1 Å². The highest BCUT2D eigenvalue weighted by Crippen LogP contribution is 2.33. The molecular weight excluding hydrogens is 316 g/mol. The van der Waals surface area contributed by atoms with Crippen LogP contribution in [0.2, 0.25) is 0 Å². The lowest BCUT2D eigenvalue weighted by molar-refractivity contribution is 0.220. The van der Waals surface area contributed by atoms with Crippen LogP contribution in [0.3, 0.4) is 0 Å². The first-order chi connectivity index (χ1) is 12.0. The van der Waals surface area contributed by atoms with Gasteiger partial charge in [-0.15, -0.1) is 0 Å². The van der Waals surface area contributed by atoms with Crippen LogP contribution in [0.1, 0.15) is 18.4 Å². The van der Waals surface area contributed by atoms with Crippen LogP contribution >= 0.6 is 0 Å². The van der Waals surface area contributed by atoms with Gasteiger partial charge in [0.1, 0.15) is 0 Å². The quantitative estimate of drug-likeness (QED) is 0.811. The molecule has 25 heavy (non-hydrogen) atoms. The molecule has 2 atom stereocenters. The molecule has 1 fully saturated rings. The molecule has 0 unspecified atom stereocenters. The number of fused-ring (bicyclic) bond motifs is 2. The molecule has 0 bridgehead atoms. The molecule has 0 spiro atoms. The van der Waals surface area contributed by atoms with Crippen LogP contribution in [-0.2, 0) is 14.1 Å². The Kier molecular flexibility index (Phi) is 3.71. The molecule has 6 heteroatoms. The van der Waals surface area contributed by atoms with Crippen molar-refractivity contribution >= 4 is 22.8 Å². The number of anilines is 1. The molecule has 132 valence electrons. The van der Waals surface area contributed by atoms with Crippen molar-refractivity contribution in [1.82, 2.24) is 14.0 Å². The van der Waals surface area contributed by atoms with E-state index in [9.17, 15) is 9.59 Å². The molecule has 0 saturated carbocycles. The van der Waals surface area contributed by atoms with Gasteiger partial charge in [-0.05, 0) is 49.3 Å². The molecule has 1 aliphatic carbocycles. The van der Waals surface area contributed by atoms with Crippen LogP contribution < -0.4 is 11.0 Å². The van der Waals surface area contributed by atoms with Crippen LogP contribution in [0.5, 0.6) is 0 Å². The van der Waals surface area contributed by atoms with Gasteiger partial charge in [0.2, 0.25) is 0 Å². The molecule has 1 N–H and O–H groups in total. The number of carbonyl (C=O) groups excluding carboxylic acids is 1. The third-order valence-electron chi connectivity index (χ3n) is 5.77. The third kappa shape index (κ3) is 2.56. The molecule has 2 aromatic rings. The molecule has 2 amide bonds. The van der Waals surface area contributed by atoms with Crippen molar-refractivity contribution in [3.63, 3.8) is 0 Å². The number of hydrogen-bond donors (Lipinski definition) is 1. The summed E-state index contributed by atoms with van der Waals surface area (Å²) in [4.78, 5) is 26.8. The van der Waals surface area contributed by atoms with Gasteiger partial charge < -0.3 is 10.2 Å². The maximum absolute atomic E-state index is 12.7. The number of hydrogen-bond acceptors (Lipinski definition) is 2. The normalized spacial score (nSPS) is 22.4. The molecule has 4 rings (SSSR count). The first kappa shape index (κ1) is 16.0. The number of aromatic nitrogens is 2.